The topological polar surface area (TPSA) is 191 Å². The predicted octanol–water partition coefficient (Wildman–Crippen LogP) is 3.31. The van der Waals surface area contributed by atoms with E-state index >= 15 is 0 Å². The van der Waals surface area contributed by atoms with Crippen LogP contribution in [0, 0.1) is 0 Å². The number of carbonyl (C=O) groups is 2. The summed E-state index contributed by atoms with van der Waals surface area (Å²) in [5.74, 6) is -0.544. The highest BCUT2D eigenvalue weighted by Crippen LogP contribution is 2.44. The molecule has 3 amide bonds. The van der Waals surface area contributed by atoms with Gasteiger partial charge in [0.25, 0.3) is 17.2 Å². The van der Waals surface area contributed by atoms with Crippen molar-refractivity contribution < 1.29 is 37.3 Å². The van der Waals surface area contributed by atoms with E-state index in [2.05, 4.69) is 30.9 Å². The molecule has 17 heteroatoms. The molecule has 0 bridgehead atoms. The lowest BCUT2D eigenvalue weighted by molar-refractivity contribution is -0.197. The van der Waals surface area contributed by atoms with E-state index in [1.54, 1.807) is 66.9 Å². The Kier molecular flexibility index (Phi) is 8.58. The monoisotopic (exact) mass is 652 g/mol. The maximum atomic E-state index is 13.1. The number of amides is 3. The van der Waals surface area contributed by atoms with Gasteiger partial charge in [-0.15, -0.1) is 0 Å². The average Bonchev–Trinajstić information content (AvgIpc) is 3.68. The molecule has 4 aromatic rings. The van der Waals surface area contributed by atoms with Gasteiger partial charge in [-0.2, -0.15) is 0 Å². The molecule has 0 aliphatic carbocycles. The number of hydrogen-bond acceptors (Lipinski definition) is 10. The lowest BCUT2D eigenvalue weighted by atomic mass is 10.1. The number of carbonyl (C=O) groups excluding carboxylic acids is 2. The second-order valence-corrected chi connectivity index (χ2v) is 11.6. The largest absolute Gasteiger partial charge is 0.497 e. The molecule has 16 nitrogen and oxygen atoms in total. The molecule has 2 aliphatic heterocycles. The van der Waals surface area contributed by atoms with E-state index in [1.165, 1.54) is 24.1 Å². The van der Waals surface area contributed by atoms with E-state index in [0.717, 1.165) is 0 Å². The quantitative estimate of drug-likeness (QED) is 0.194. The highest BCUT2D eigenvalue weighted by Gasteiger charge is 2.58. The fourth-order valence-corrected chi connectivity index (χ4v) is 6.04. The summed E-state index contributed by atoms with van der Waals surface area (Å²) in [5, 5.41) is 8.16. The Morgan fingerprint density at radius 1 is 1.07 bits per heavy atom. The van der Waals surface area contributed by atoms with Crippen LogP contribution in [0.3, 0.4) is 0 Å². The van der Waals surface area contributed by atoms with Crippen LogP contribution in [0.2, 0.25) is 0 Å². The Hall–Kier alpha value is -4.68. The number of hydrogen-bond donors (Lipinski definition) is 4. The van der Waals surface area contributed by atoms with Crippen LogP contribution in [0.15, 0.2) is 61.2 Å². The maximum Gasteiger partial charge on any atom is 0.324 e. The third kappa shape index (κ3) is 6.10. The first-order valence-corrected chi connectivity index (χ1v) is 15.3. The molecule has 6 rings (SSSR count). The SMILES string of the molecule is CCNC(=O)[C@H]1O[C@@H](n2cnc3c(NC(=O)Nc4cccc(N(c5ccc(OC)cc5)S(=O)O)c4)ncnc32)[C@@H]2OC(C)(C)O[C@@H]21. The smallest absolute Gasteiger partial charge is 0.324 e. The molecule has 2 fully saturated rings. The predicted molar refractivity (Wildman–Crippen MR) is 167 cm³/mol. The molecule has 242 valence electrons. The Morgan fingerprint density at radius 2 is 1.83 bits per heavy atom. The summed E-state index contributed by atoms with van der Waals surface area (Å²) in [5.41, 5.74) is 1.75. The average molecular weight is 653 g/mol. The zero-order valence-electron chi connectivity index (χ0n) is 25.2. The van der Waals surface area contributed by atoms with Gasteiger partial charge in [0, 0.05) is 12.2 Å². The van der Waals surface area contributed by atoms with Crippen molar-refractivity contribution in [1.29, 1.82) is 0 Å². The van der Waals surface area contributed by atoms with Crippen molar-refractivity contribution in [3.63, 3.8) is 0 Å². The Labute approximate surface area is 265 Å². The Morgan fingerprint density at radius 3 is 2.54 bits per heavy atom. The Bertz CT molecular complexity index is 1780. The Balaban J connectivity index is 1.21. The van der Waals surface area contributed by atoms with Gasteiger partial charge in [-0.1, -0.05) is 6.07 Å². The first-order chi connectivity index (χ1) is 22.1. The minimum absolute atomic E-state index is 0.118. The van der Waals surface area contributed by atoms with Crippen molar-refractivity contribution >= 4 is 57.2 Å². The fourth-order valence-electron chi connectivity index (χ4n) is 5.44. The number of nitrogens with zero attached hydrogens (tertiary/aromatic N) is 5. The van der Waals surface area contributed by atoms with Gasteiger partial charge in [-0.25, -0.2) is 28.3 Å². The molecule has 4 N–H and O–H groups in total. The van der Waals surface area contributed by atoms with E-state index in [0.29, 0.717) is 35.0 Å². The number of methoxy groups -OCH3 is 1. The molecule has 46 heavy (non-hydrogen) atoms. The number of fused-ring (bicyclic) bond motifs is 2. The summed E-state index contributed by atoms with van der Waals surface area (Å²) < 4.78 is 48.5. The van der Waals surface area contributed by atoms with E-state index < -0.39 is 47.6 Å². The molecule has 2 aromatic carbocycles. The minimum Gasteiger partial charge on any atom is -0.497 e. The summed E-state index contributed by atoms with van der Waals surface area (Å²) in [6, 6.07) is 12.4. The minimum atomic E-state index is -2.41. The van der Waals surface area contributed by atoms with Gasteiger partial charge in [0.1, 0.15) is 24.3 Å². The first kappa shape index (κ1) is 31.3. The molecular formula is C29H32N8O8S. The summed E-state index contributed by atoms with van der Waals surface area (Å²) in [6.45, 7) is 5.77. The van der Waals surface area contributed by atoms with Crippen LogP contribution in [0.5, 0.6) is 5.75 Å². The molecule has 2 aromatic heterocycles. The normalized spacial score (nSPS) is 22.2. The molecule has 0 saturated carbocycles. The number of likely N-dealkylation sites (N-methyl/N-ethyl adjacent to an activating group) is 1. The van der Waals surface area contributed by atoms with Gasteiger partial charge in [-0.3, -0.25) is 19.2 Å². The van der Waals surface area contributed by atoms with Crippen molar-refractivity contribution in [2.75, 3.05) is 28.6 Å². The van der Waals surface area contributed by atoms with Crippen LogP contribution in [-0.2, 0) is 30.3 Å². The van der Waals surface area contributed by atoms with Crippen LogP contribution >= 0.6 is 0 Å². The van der Waals surface area contributed by atoms with Crippen molar-refractivity contribution in [2.45, 2.75) is 51.1 Å². The van der Waals surface area contributed by atoms with Crippen LogP contribution in [0.1, 0.15) is 27.0 Å². The zero-order valence-corrected chi connectivity index (χ0v) is 26.1. The molecule has 0 radical (unpaired) electrons. The number of rotatable bonds is 9. The van der Waals surface area contributed by atoms with Crippen molar-refractivity contribution in [1.82, 2.24) is 24.8 Å². The molecule has 1 unspecified atom stereocenters. The van der Waals surface area contributed by atoms with Crippen LogP contribution in [0.4, 0.5) is 27.7 Å². The highest BCUT2D eigenvalue weighted by atomic mass is 32.2. The summed E-state index contributed by atoms with van der Waals surface area (Å²) >= 11 is -2.41. The first-order valence-electron chi connectivity index (χ1n) is 14.3. The molecular weight excluding hydrogens is 620 g/mol. The maximum absolute atomic E-state index is 13.1. The standard InChI is InChI=1S/C29H32N8O8S/c1-5-30-26(38)22-21-23(45-29(2,3)44-21)27(43-22)36-15-33-20-24(31-14-32-25(20)36)35-28(39)34-16-7-6-8-18(13-16)37(46(40)41)17-9-11-19(42-4)12-10-17/h6-15,21-23,27H,5H2,1-4H3,(H,30,38)(H,40,41)(H2,31,32,34,35,39)/t21-,22+,23-,27-/m1/s1. The molecule has 0 spiro atoms. The second-order valence-electron chi connectivity index (χ2n) is 10.8. The third-order valence-corrected chi connectivity index (χ3v) is 8.04. The van der Waals surface area contributed by atoms with Crippen molar-refractivity contribution in [2.24, 2.45) is 0 Å². The van der Waals surface area contributed by atoms with Crippen molar-refractivity contribution in [3.05, 3.63) is 61.2 Å². The van der Waals surface area contributed by atoms with Gasteiger partial charge in [0.05, 0.1) is 24.8 Å². The molecule has 2 aliphatic rings. The number of aromatic nitrogens is 4. The van der Waals surface area contributed by atoms with Gasteiger partial charge in [-0.05, 0) is 63.2 Å². The van der Waals surface area contributed by atoms with Crippen molar-refractivity contribution in [3.8, 4) is 5.75 Å². The number of ether oxygens (including phenoxy) is 4. The van der Waals surface area contributed by atoms with E-state index in [1.807, 2.05) is 6.92 Å². The summed E-state index contributed by atoms with van der Waals surface area (Å²) in [7, 11) is 1.53. The number of anilines is 4. The summed E-state index contributed by atoms with van der Waals surface area (Å²) in [6.07, 6.45) is -0.260. The van der Waals surface area contributed by atoms with Crippen LogP contribution in [-0.4, -0.2) is 78.0 Å². The van der Waals surface area contributed by atoms with Gasteiger partial charge in [0.15, 0.2) is 35.1 Å². The fraction of sp³-hybridized carbons (Fsp3) is 0.345. The van der Waals surface area contributed by atoms with E-state index in [-0.39, 0.29) is 17.2 Å². The third-order valence-electron chi connectivity index (χ3n) is 7.31. The van der Waals surface area contributed by atoms with Crippen LogP contribution in [0.25, 0.3) is 11.2 Å². The summed E-state index contributed by atoms with van der Waals surface area (Å²) in [4.78, 5) is 38.8. The molecule has 4 heterocycles. The highest BCUT2D eigenvalue weighted by molar-refractivity contribution is 7.81. The van der Waals surface area contributed by atoms with E-state index in [9.17, 15) is 18.4 Å². The molecule has 2 saturated heterocycles. The van der Waals surface area contributed by atoms with Gasteiger partial charge < -0.3 is 29.6 Å². The lowest BCUT2D eigenvalue weighted by Gasteiger charge is -2.24. The van der Waals surface area contributed by atoms with E-state index in [4.69, 9.17) is 18.9 Å². The zero-order chi connectivity index (χ0) is 32.6. The lowest BCUT2D eigenvalue weighted by Crippen LogP contribution is -2.42. The number of imidazole rings is 1. The van der Waals surface area contributed by atoms with Gasteiger partial charge >= 0.3 is 6.03 Å². The van der Waals surface area contributed by atoms with Crippen LogP contribution < -0.4 is 25.0 Å². The van der Waals surface area contributed by atoms with Gasteiger partial charge in [0.2, 0.25) is 0 Å². The second kappa shape index (κ2) is 12.6. The number of urea groups is 1. The number of nitrogens with one attached hydrogen (secondary N) is 3. The number of benzene rings is 2. The molecule has 5 atom stereocenters.